The van der Waals surface area contributed by atoms with Crippen LogP contribution in [0.3, 0.4) is 0 Å². The topological polar surface area (TPSA) is 68.8 Å². The molecule has 3 heterocycles. The Labute approximate surface area is 105 Å². The monoisotopic (exact) mass is 247 g/mol. The molecule has 0 amide bonds. The zero-order valence-electron chi connectivity index (χ0n) is 10.6. The number of nitrogens with one attached hydrogen (secondary N) is 1. The highest BCUT2D eigenvalue weighted by Gasteiger charge is 2.25. The molecule has 2 aromatic heterocycles. The van der Waals surface area contributed by atoms with Gasteiger partial charge in [0.15, 0.2) is 0 Å². The van der Waals surface area contributed by atoms with Crippen LogP contribution in [0, 0.1) is 0 Å². The van der Waals surface area contributed by atoms with E-state index in [1.54, 1.807) is 4.68 Å². The van der Waals surface area contributed by atoms with Crippen molar-refractivity contribution in [3.8, 4) is 11.5 Å². The second kappa shape index (κ2) is 4.53. The molecule has 1 fully saturated rings. The van der Waals surface area contributed by atoms with E-state index in [0.717, 1.165) is 31.0 Å². The number of hydrogen-bond donors (Lipinski definition) is 1. The molecule has 3 rings (SSSR count). The van der Waals surface area contributed by atoms with Crippen LogP contribution in [-0.2, 0) is 7.05 Å². The fraction of sp³-hybridized carbons (Fsp3) is 0.583. The highest BCUT2D eigenvalue weighted by atomic mass is 16.5. The summed E-state index contributed by atoms with van der Waals surface area (Å²) in [5.41, 5.74) is 0.759. The Hall–Kier alpha value is -1.69. The molecule has 0 bridgehead atoms. The van der Waals surface area contributed by atoms with Crippen molar-refractivity contribution in [3.05, 3.63) is 18.2 Å². The van der Waals surface area contributed by atoms with Crippen molar-refractivity contribution < 1.29 is 4.52 Å². The summed E-state index contributed by atoms with van der Waals surface area (Å²) in [5.74, 6) is 1.69. The van der Waals surface area contributed by atoms with E-state index in [1.807, 2.05) is 19.3 Å². The second-order valence-corrected chi connectivity index (χ2v) is 4.91. The molecule has 2 unspecified atom stereocenters. The predicted octanol–water partition coefficient (Wildman–Crippen LogP) is 1.33. The molecule has 1 N–H and O–H groups in total. The minimum atomic E-state index is 0.367. The van der Waals surface area contributed by atoms with Gasteiger partial charge in [0.2, 0.25) is 11.7 Å². The van der Waals surface area contributed by atoms with Gasteiger partial charge < -0.3 is 9.84 Å². The molecule has 0 radical (unpaired) electrons. The lowest BCUT2D eigenvalue weighted by Crippen LogP contribution is -2.34. The van der Waals surface area contributed by atoms with Crippen LogP contribution in [0.4, 0.5) is 0 Å². The van der Waals surface area contributed by atoms with E-state index in [4.69, 9.17) is 4.52 Å². The Morgan fingerprint density at radius 3 is 3.11 bits per heavy atom. The van der Waals surface area contributed by atoms with E-state index >= 15 is 0 Å². The normalized spacial score (nSPS) is 24.3. The fourth-order valence-electron chi connectivity index (χ4n) is 2.40. The highest BCUT2D eigenvalue weighted by molar-refractivity contribution is 5.46. The molecule has 0 spiro atoms. The Morgan fingerprint density at radius 1 is 1.50 bits per heavy atom. The van der Waals surface area contributed by atoms with E-state index < -0.39 is 0 Å². The highest BCUT2D eigenvalue weighted by Crippen LogP contribution is 2.27. The van der Waals surface area contributed by atoms with Gasteiger partial charge in [-0.25, -0.2) is 0 Å². The minimum absolute atomic E-state index is 0.367. The first-order valence-electron chi connectivity index (χ1n) is 6.29. The first-order chi connectivity index (χ1) is 8.72. The molecule has 18 heavy (non-hydrogen) atoms. The van der Waals surface area contributed by atoms with Gasteiger partial charge in [-0.15, -0.1) is 0 Å². The fourth-order valence-corrected chi connectivity index (χ4v) is 2.40. The maximum atomic E-state index is 5.38. The summed E-state index contributed by atoms with van der Waals surface area (Å²) in [6.07, 6.45) is 3.97. The molecule has 1 aliphatic heterocycles. The SMILES string of the molecule is CC1CC(c2nc(-c3ccn(C)n3)no2)CCN1. The second-order valence-electron chi connectivity index (χ2n) is 4.91. The molecule has 0 aliphatic carbocycles. The van der Waals surface area contributed by atoms with E-state index in [-0.39, 0.29) is 0 Å². The molecule has 1 aliphatic rings. The van der Waals surface area contributed by atoms with Crippen LogP contribution >= 0.6 is 0 Å². The van der Waals surface area contributed by atoms with Gasteiger partial charge in [-0.05, 0) is 32.4 Å². The Kier molecular flexibility index (Phi) is 2.87. The van der Waals surface area contributed by atoms with Gasteiger partial charge in [0.25, 0.3) is 0 Å². The molecule has 2 atom stereocenters. The zero-order valence-corrected chi connectivity index (χ0v) is 10.6. The van der Waals surface area contributed by atoms with Crippen LogP contribution in [0.25, 0.3) is 11.5 Å². The number of hydrogen-bond acceptors (Lipinski definition) is 5. The maximum Gasteiger partial charge on any atom is 0.230 e. The molecule has 2 aromatic rings. The van der Waals surface area contributed by atoms with Gasteiger partial charge in [-0.2, -0.15) is 10.1 Å². The van der Waals surface area contributed by atoms with Gasteiger partial charge in [0, 0.05) is 25.2 Å². The van der Waals surface area contributed by atoms with Crippen LogP contribution in [0.1, 0.15) is 31.6 Å². The van der Waals surface area contributed by atoms with E-state index in [9.17, 15) is 0 Å². The molecule has 6 nitrogen and oxygen atoms in total. The van der Waals surface area contributed by atoms with Gasteiger partial charge in [0.1, 0.15) is 5.69 Å². The van der Waals surface area contributed by atoms with E-state index in [0.29, 0.717) is 17.8 Å². The van der Waals surface area contributed by atoms with Crippen molar-refractivity contribution in [1.82, 2.24) is 25.2 Å². The third-order valence-electron chi connectivity index (χ3n) is 3.36. The van der Waals surface area contributed by atoms with Crippen LogP contribution < -0.4 is 5.32 Å². The summed E-state index contributed by atoms with van der Waals surface area (Å²) in [5, 5.41) is 11.7. The molecule has 0 aromatic carbocycles. The number of aryl methyl sites for hydroxylation is 1. The summed E-state index contributed by atoms with van der Waals surface area (Å²) >= 11 is 0. The zero-order chi connectivity index (χ0) is 12.5. The lowest BCUT2D eigenvalue weighted by atomic mass is 9.93. The molecule has 96 valence electrons. The summed E-state index contributed by atoms with van der Waals surface area (Å²) in [6, 6.07) is 2.40. The summed E-state index contributed by atoms with van der Waals surface area (Å²) in [4.78, 5) is 4.47. The smallest absolute Gasteiger partial charge is 0.230 e. The van der Waals surface area contributed by atoms with Crippen LogP contribution in [-0.4, -0.2) is 32.5 Å². The van der Waals surface area contributed by atoms with Gasteiger partial charge in [-0.3, -0.25) is 4.68 Å². The van der Waals surface area contributed by atoms with Crippen LogP contribution in [0.15, 0.2) is 16.8 Å². The molecule has 6 heteroatoms. The number of aromatic nitrogens is 4. The largest absolute Gasteiger partial charge is 0.339 e. The Balaban J connectivity index is 1.80. The van der Waals surface area contributed by atoms with Crippen LogP contribution in [0.2, 0.25) is 0 Å². The van der Waals surface area contributed by atoms with E-state index in [1.165, 1.54) is 0 Å². The molecule has 1 saturated heterocycles. The van der Waals surface area contributed by atoms with Gasteiger partial charge in [-0.1, -0.05) is 5.16 Å². The lowest BCUT2D eigenvalue weighted by molar-refractivity contribution is 0.295. The minimum Gasteiger partial charge on any atom is -0.339 e. The molecule has 0 saturated carbocycles. The average molecular weight is 247 g/mol. The van der Waals surface area contributed by atoms with Gasteiger partial charge in [0.05, 0.1) is 0 Å². The Bertz CT molecular complexity index is 532. The van der Waals surface area contributed by atoms with Crippen molar-refractivity contribution in [1.29, 1.82) is 0 Å². The standard InChI is InChI=1S/C12H17N5O/c1-8-7-9(3-5-13-8)12-14-11(16-18-12)10-4-6-17(2)15-10/h4,6,8-9,13H,3,5,7H2,1-2H3. The predicted molar refractivity (Wildman–Crippen MR) is 65.9 cm³/mol. The number of nitrogens with zero attached hydrogens (tertiary/aromatic N) is 4. The number of piperidine rings is 1. The lowest BCUT2D eigenvalue weighted by Gasteiger charge is -2.25. The van der Waals surface area contributed by atoms with Crippen molar-refractivity contribution in [2.75, 3.05) is 6.54 Å². The summed E-state index contributed by atoms with van der Waals surface area (Å²) in [7, 11) is 1.87. The maximum absolute atomic E-state index is 5.38. The third-order valence-corrected chi connectivity index (χ3v) is 3.36. The van der Waals surface area contributed by atoms with Crippen molar-refractivity contribution in [2.45, 2.75) is 31.7 Å². The average Bonchev–Trinajstić information content (AvgIpc) is 2.97. The molecular weight excluding hydrogens is 230 g/mol. The quantitative estimate of drug-likeness (QED) is 0.867. The number of rotatable bonds is 2. The summed E-state index contributed by atoms with van der Waals surface area (Å²) in [6.45, 7) is 3.19. The first-order valence-corrected chi connectivity index (χ1v) is 6.29. The summed E-state index contributed by atoms with van der Waals surface area (Å²) < 4.78 is 7.11. The van der Waals surface area contributed by atoms with Gasteiger partial charge >= 0.3 is 0 Å². The van der Waals surface area contributed by atoms with Crippen molar-refractivity contribution >= 4 is 0 Å². The van der Waals surface area contributed by atoms with E-state index in [2.05, 4.69) is 27.5 Å². The van der Waals surface area contributed by atoms with Crippen molar-refractivity contribution in [3.63, 3.8) is 0 Å². The molecular formula is C12H17N5O. The first kappa shape index (κ1) is 11.4. The Morgan fingerprint density at radius 2 is 2.39 bits per heavy atom. The third kappa shape index (κ3) is 2.15. The van der Waals surface area contributed by atoms with Crippen LogP contribution in [0.5, 0.6) is 0 Å². The van der Waals surface area contributed by atoms with Crippen molar-refractivity contribution in [2.24, 2.45) is 7.05 Å².